The smallest absolute Gasteiger partial charge is 0.253 e. The number of terminal acetylenes is 1. The molecular weight excluding hydrogens is 256 g/mol. The van der Waals surface area contributed by atoms with Crippen LogP contribution in [0.2, 0.25) is 0 Å². The lowest BCUT2D eigenvalue weighted by atomic mass is 10.5. The predicted molar refractivity (Wildman–Crippen MR) is 70.1 cm³/mol. The Labute approximate surface area is 106 Å². The molecule has 0 radical (unpaired) electrons. The van der Waals surface area contributed by atoms with Crippen LogP contribution in [-0.4, -0.2) is 25.8 Å². The Balaban J connectivity index is 3.03. The van der Waals surface area contributed by atoms with Crippen LogP contribution < -0.4 is 5.73 Å². The number of sulfonamides is 1. The van der Waals surface area contributed by atoms with E-state index in [2.05, 4.69) is 5.92 Å². The molecule has 0 amide bonds. The minimum absolute atomic E-state index is 0.103. The van der Waals surface area contributed by atoms with E-state index in [1.165, 1.54) is 15.6 Å². The van der Waals surface area contributed by atoms with Crippen LogP contribution in [0.4, 0.5) is 0 Å². The van der Waals surface area contributed by atoms with E-state index in [0.717, 1.165) is 11.3 Å². The fourth-order valence-electron chi connectivity index (χ4n) is 1.37. The molecule has 0 bridgehead atoms. The molecule has 0 spiro atoms. The minimum atomic E-state index is -3.46. The molecule has 2 N–H and O–H groups in total. The molecule has 0 fully saturated rings. The Morgan fingerprint density at radius 3 is 2.71 bits per heavy atom. The summed E-state index contributed by atoms with van der Waals surface area (Å²) in [5.41, 5.74) is 5.47. The van der Waals surface area contributed by atoms with Crippen molar-refractivity contribution in [1.82, 2.24) is 4.31 Å². The van der Waals surface area contributed by atoms with Crippen LogP contribution in [0.15, 0.2) is 16.3 Å². The molecule has 0 saturated heterocycles. The van der Waals surface area contributed by atoms with Crippen molar-refractivity contribution in [2.75, 3.05) is 13.1 Å². The van der Waals surface area contributed by atoms with Crippen LogP contribution in [0, 0.1) is 12.3 Å². The highest BCUT2D eigenvalue weighted by atomic mass is 32.2. The molecule has 0 atom stereocenters. The van der Waals surface area contributed by atoms with E-state index >= 15 is 0 Å². The van der Waals surface area contributed by atoms with Gasteiger partial charge in [-0.2, -0.15) is 4.31 Å². The average Bonchev–Trinajstić information content (AvgIpc) is 2.78. The highest BCUT2D eigenvalue weighted by molar-refractivity contribution is 7.91. The highest BCUT2D eigenvalue weighted by Gasteiger charge is 2.24. The first-order valence-corrected chi connectivity index (χ1v) is 7.54. The molecule has 17 heavy (non-hydrogen) atoms. The van der Waals surface area contributed by atoms with E-state index in [1.807, 2.05) is 6.92 Å². The number of thiophene rings is 1. The second kappa shape index (κ2) is 6.17. The third-order valence-electron chi connectivity index (χ3n) is 2.17. The number of rotatable bonds is 6. The van der Waals surface area contributed by atoms with E-state index in [9.17, 15) is 8.42 Å². The van der Waals surface area contributed by atoms with Gasteiger partial charge in [0.1, 0.15) is 4.21 Å². The van der Waals surface area contributed by atoms with Crippen LogP contribution in [0.1, 0.15) is 18.2 Å². The fourth-order valence-corrected chi connectivity index (χ4v) is 4.20. The lowest BCUT2D eigenvalue weighted by Crippen LogP contribution is -2.31. The molecule has 0 aliphatic carbocycles. The monoisotopic (exact) mass is 272 g/mol. The molecular formula is C11H16N2O2S2. The SMILES string of the molecule is C#CCN(CCC)S(=O)(=O)c1ccc(CN)s1. The van der Waals surface area contributed by atoms with Crippen molar-refractivity contribution >= 4 is 21.4 Å². The topological polar surface area (TPSA) is 63.4 Å². The Bertz CT molecular complexity index is 500. The van der Waals surface area contributed by atoms with Gasteiger partial charge in [0.05, 0.1) is 6.54 Å². The standard InChI is InChI=1S/C11H16N2O2S2/c1-3-7-13(8-4-2)17(14,15)11-6-5-10(9-12)16-11/h1,5-6H,4,7-9,12H2,2H3. The van der Waals surface area contributed by atoms with E-state index in [4.69, 9.17) is 12.2 Å². The minimum Gasteiger partial charge on any atom is -0.326 e. The molecule has 0 aliphatic rings. The molecule has 0 aromatic carbocycles. The van der Waals surface area contributed by atoms with Gasteiger partial charge in [-0.25, -0.2) is 8.42 Å². The Morgan fingerprint density at radius 2 is 2.24 bits per heavy atom. The van der Waals surface area contributed by atoms with Crippen LogP contribution in [0.5, 0.6) is 0 Å². The van der Waals surface area contributed by atoms with Crippen LogP contribution in [0.3, 0.4) is 0 Å². The number of hydrogen-bond donors (Lipinski definition) is 1. The Hall–Kier alpha value is -0.870. The maximum absolute atomic E-state index is 12.2. The van der Waals surface area contributed by atoms with Crippen LogP contribution >= 0.6 is 11.3 Å². The van der Waals surface area contributed by atoms with Gasteiger partial charge in [0.15, 0.2) is 0 Å². The fraction of sp³-hybridized carbons (Fsp3) is 0.455. The Kier molecular flexibility index (Phi) is 5.15. The molecule has 6 heteroatoms. The number of nitrogens with two attached hydrogens (primary N) is 1. The summed E-state index contributed by atoms with van der Waals surface area (Å²) in [4.78, 5) is 0.848. The second-order valence-corrected chi connectivity index (χ2v) is 6.80. The first-order valence-electron chi connectivity index (χ1n) is 5.28. The normalized spacial score (nSPS) is 11.6. The molecule has 1 aromatic rings. The summed E-state index contributed by atoms with van der Waals surface area (Å²) >= 11 is 1.20. The lowest BCUT2D eigenvalue weighted by Gasteiger charge is -2.17. The van der Waals surface area contributed by atoms with Crippen molar-refractivity contribution < 1.29 is 8.42 Å². The summed E-state index contributed by atoms with van der Waals surface area (Å²) in [6.45, 7) is 2.80. The van der Waals surface area contributed by atoms with Crippen molar-refractivity contribution in [3.63, 3.8) is 0 Å². The van der Waals surface area contributed by atoms with Crippen LogP contribution in [0.25, 0.3) is 0 Å². The van der Waals surface area contributed by atoms with Crippen molar-refractivity contribution in [2.45, 2.75) is 24.1 Å². The van der Waals surface area contributed by atoms with Gasteiger partial charge in [-0.15, -0.1) is 17.8 Å². The zero-order valence-electron chi connectivity index (χ0n) is 9.72. The van der Waals surface area contributed by atoms with Gasteiger partial charge < -0.3 is 5.73 Å². The van der Waals surface area contributed by atoms with Crippen LogP contribution in [-0.2, 0) is 16.6 Å². The molecule has 94 valence electrons. The summed E-state index contributed by atoms with van der Waals surface area (Å²) in [5.74, 6) is 2.38. The summed E-state index contributed by atoms with van der Waals surface area (Å²) in [6, 6.07) is 3.32. The van der Waals surface area contributed by atoms with E-state index in [1.54, 1.807) is 12.1 Å². The third kappa shape index (κ3) is 3.30. The predicted octanol–water partition coefficient (Wildman–Crippen LogP) is 1.24. The lowest BCUT2D eigenvalue weighted by molar-refractivity contribution is 0.447. The Morgan fingerprint density at radius 1 is 1.53 bits per heavy atom. The van der Waals surface area contributed by atoms with Crippen molar-refractivity contribution in [3.8, 4) is 12.3 Å². The zero-order valence-corrected chi connectivity index (χ0v) is 11.4. The van der Waals surface area contributed by atoms with Crippen molar-refractivity contribution in [3.05, 3.63) is 17.0 Å². The van der Waals surface area contributed by atoms with Gasteiger partial charge in [0, 0.05) is 18.0 Å². The summed E-state index contributed by atoms with van der Waals surface area (Å²) in [7, 11) is -3.46. The first-order chi connectivity index (χ1) is 8.06. The van der Waals surface area contributed by atoms with Gasteiger partial charge in [-0.1, -0.05) is 12.8 Å². The summed E-state index contributed by atoms with van der Waals surface area (Å²) < 4.78 is 26.1. The molecule has 1 rings (SSSR count). The third-order valence-corrected chi connectivity index (χ3v) is 5.59. The molecule has 0 aliphatic heterocycles. The maximum Gasteiger partial charge on any atom is 0.253 e. The van der Waals surface area contributed by atoms with Crippen molar-refractivity contribution in [2.24, 2.45) is 5.73 Å². The largest absolute Gasteiger partial charge is 0.326 e. The number of hydrogen-bond acceptors (Lipinski definition) is 4. The van der Waals surface area contributed by atoms with E-state index < -0.39 is 10.0 Å². The van der Waals surface area contributed by atoms with Gasteiger partial charge in [0.2, 0.25) is 0 Å². The molecule has 0 saturated carbocycles. The van der Waals surface area contributed by atoms with Gasteiger partial charge in [0.25, 0.3) is 10.0 Å². The van der Waals surface area contributed by atoms with Gasteiger partial charge in [-0.05, 0) is 18.6 Å². The van der Waals surface area contributed by atoms with E-state index in [-0.39, 0.29) is 6.54 Å². The second-order valence-electron chi connectivity index (χ2n) is 3.47. The summed E-state index contributed by atoms with van der Waals surface area (Å²) in [6.07, 6.45) is 5.93. The zero-order chi connectivity index (χ0) is 12.9. The van der Waals surface area contributed by atoms with Crippen molar-refractivity contribution in [1.29, 1.82) is 0 Å². The highest BCUT2D eigenvalue weighted by Crippen LogP contribution is 2.24. The molecule has 1 heterocycles. The van der Waals surface area contributed by atoms with Gasteiger partial charge in [-0.3, -0.25) is 0 Å². The van der Waals surface area contributed by atoms with Gasteiger partial charge >= 0.3 is 0 Å². The average molecular weight is 272 g/mol. The molecule has 0 unspecified atom stereocenters. The molecule has 1 aromatic heterocycles. The quantitative estimate of drug-likeness (QED) is 0.793. The summed E-state index contributed by atoms with van der Waals surface area (Å²) in [5, 5.41) is 0. The first kappa shape index (κ1) is 14.2. The maximum atomic E-state index is 12.2. The molecule has 4 nitrogen and oxygen atoms in total. The number of nitrogens with zero attached hydrogens (tertiary/aromatic N) is 1. The van der Waals surface area contributed by atoms with E-state index in [0.29, 0.717) is 17.3 Å².